The van der Waals surface area contributed by atoms with Gasteiger partial charge in [-0.05, 0) is 35.9 Å². The van der Waals surface area contributed by atoms with Crippen molar-refractivity contribution < 1.29 is 24.2 Å². The third-order valence-electron chi connectivity index (χ3n) is 4.79. The van der Waals surface area contributed by atoms with Crippen LogP contribution >= 0.6 is 23.4 Å². The van der Waals surface area contributed by atoms with Gasteiger partial charge < -0.3 is 19.9 Å². The first-order valence-corrected chi connectivity index (χ1v) is 11.6. The fourth-order valence-corrected chi connectivity index (χ4v) is 4.18. The summed E-state index contributed by atoms with van der Waals surface area (Å²) in [4.78, 5) is 35.3. The molecular formula is C23H18ClN5O6S. The molecule has 1 fully saturated rings. The van der Waals surface area contributed by atoms with Gasteiger partial charge in [0.05, 0.1) is 31.6 Å². The van der Waals surface area contributed by atoms with Crippen LogP contribution < -0.4 is 20.3 Å². The van der Waals surface area contributed by atoms with E-state index in [1.807, 2.05) is 6.07 Å². The first-order valence-electron chi connectivity index (χ1n) is 10.3. The summed E-state index contributed by atoms with van der Waals surface area (Å²) in [6.07, 6.45) is 2.46. The van der Waals surface area contributed by atoms with Gasteiger partial charge in [-0.25, -0.2) is 0 Å². The first-order chi connectivity index (χ1) is 17.4. The fraction of sp³-hybridized carbons (Fsp3) is 0.130. The number of nitrogens with one attached hydrogen (secondary N) is 1. The van der Waals surface area contributed by atoms with Gasteiger partial charge in [0, 0.05) is 0 Å². The molecule has 1 unspecified atom stereocenters. The number of nitrogens with zero attached hydrogens (tertiary/aromatic N) is 4. The predicted molar refractivity (Wildman–Crippen MR) is 135 cm³/mol. The maximum atomic E-state index is 12.7. The summed E-state index contributed by atoms with van der Waals surface area (Å²) in [5, 5.41) is 22.6. The monoisotopic (exact) mass is 527 g/mol. The van der Waals surface area contributed by atoms with Crippen LogP contribution in [-0.2, 0) is 9.59 Å². The minimum atomic E-state index is -1.07. The fourth-order valence-electron chi connectivity index (χ4n) is 3.10. The Bertz CT molecular complexity index is 1430. The summed E-state index contributed by atoms with van der Waals surface area (Å²) < 4.78 is 12.3. The van der Waals surface area contributed by atoms with Crippen molar-refractivity contribution in [2.75, 3.05) is 7.11 Å². The second-order valence-corrected chi connectivity index (χ2v) is 8.80. The lowest BCUT2D eigenvalue weighted by molar-refractivity contribution is -0.138. The van der Waals surface area contributed by atoms with Crippen molar-refractivity contribution in [1.82, 2.24) is 15.1 Å². The molecule has 1 atom stereocenters. The second-order valence-electron chi connectivity index (χ2n) is 7.23. The Morgan fingerprint density at radius 1 is 1.22 bits per heavy atom. The van der Waals surface area contributed by atoms with E-state index >= 15 is 0 Å². The summed E-state index contributed by atoms with van der Waals surface area (Å²) in [5.41, 5.74) is 0.627. The number of aromatic nitrogens is 2. The molecule has 0 aliphatic carbocycles. The van der Waals surface area contributed by atoms with Crippen LogP contribution in [0.4, 0.5) is 0 Å². The number of carboxylic acids is 1. The van der Waals surface area contributed by atoms with E-state index < -0.39 is 22.7 Å². The van der Waals surface area contributed by atoms with Crippen molar-refractivity contribution in [2.45, 2.75) is 11.7 Å². The van der Waals surface area contributed by atoms with Gasteiger partial charge in [-0.2, -0.15) is 14.9 Å². The molecule has 1 saturated heterocycles. The summed E-state index contributed by atoms with van der Waals surface area (Å²) >= 11 is 7.26. The van der Waals surface area contributed by atoms with Crippen LogP contribution in [0, 0.1) is 0 Å². The molecular weight excluding hydrogens is 510 g/mol. The van der Waals surface area contributed by atoms with Crippen LogP contribution in [0.1, 0.15) is 12.0 Å². The lowest BCUT2D eigenvalue weighted by Crippen LogP contribution is -2.26. The smallest absolute Gasteiger partial charge is 0.305 e. The number of hydrogen-bond donors (Lipinski definition) is 2. The number of halogens is 1. The number of carbonyl (C=O) groups excluding carboxylic acids is 1. The minimum Gasteiger partial charge on any atom is -0.493 e. The van der Waals surface area contributed by atoms with Gasteiger partial charge in [0.25, 0.3) is 5.56 Å². The molecule has 4 rings (SSSR count). The van der Waals surface area contributed by atoms with Gasteiger partial charge in [-0.15, -0.1) is 5.10 Å². The number of thioether (sulfide) groups is 1. The lowest BCUT2D eigenvalue weighted by Gasteiger charge is -2.12. The Labute approximate surface area is 213 Å². The third-order valence-corrected chi connectivity index (χ3v) is 6.21. The highest BCUT2D eigenvalue weighted by Gasteiger charge is 2.32. The molecule has 3 aromatic rings. The molecule has 11 nitrogen and oxygen atoms in total. The molecule has 184 valence electrons. The number of amides is 1. The van der Waals surface area contributed by atoms with Crippen molar-refractivity contribution in [3.63, 3.8) is 0 Å². The summed E-state index contributed by atoms with van der Waals surface area (Å²) in [6, 6.07) is 13.7. The largest absolute Gasteiger partial charge is 0.493 e. The number of hydrogen-bond acceptors (Lipinski definition) is 9. The molecule has 1 aromatic heterocycles. The van der Waals surface area contributed by atoms with Crippen LogP contribution in [0.2, 0.25) is 5.02 Å². The van der Waals surface area contributed by atoms with Gasteiger partial charge in [0.1, 0.15) is 5.25 Å². The molecule has 0 bridgehead atoms. The zero-order valence-corrected chi connectivity index (χ0v) is 20.2. The SMILES string of the molecule is COc1cc(C=NN=C2NC(=O)C(CC(=O)O)S2)ccc1Oc1cnn(-c2ccccc2)c(=O)c1Cl. The number of aliphatic carboxylic acids is 1. The molecule has 0 saturated carbocycles. The number of para-hydroxylation sites is 1. The Morgan fingerprint density at radius 3 is 2.72 bits per heavy atom. The number of ether oxygens (including phenoxy) is 2. The lowest BCUT2D eigenvalue weighted by atomic mass is 10.2. The first kappa shape index (κ1) is 24.9. The van der Waals surface area contributed by atoms with E-state index in [0.717, 1.165) is 11.8 Å². The normalized spacial score (nSPS) is 16.3. The molecule has 13 heteroatoms. The summed E-state index contributed by atoms with van der Waals surface area (Å²) in [5.74, 6) is -0.818. The van der Waals surface area contributed by atoms with E-state index in [1.54, 1.807) is 42.5 Å². The van der Waals surface area contributed by atoms with E-state index in [2.05, 4.69) is 20.6 Å². The van der Waals surface area contributed by atoms with Gasteiger partial charge in [-0.1, -0.05) is 41.6 Å². The summed E-state index contributed by atoms with van der Waals surface area (Å²) in [6.45, 7) is 0. The van der Waals surface area contributed by atoms with Crippen molar-refractivity contribution >= 4 is 46.6 Å². The maximum absolute atomic E-state index is 12.7. The topological polar surface area (TPSA) is 144 Å². The molecule has 1 aliphatic heterocycles. The zero-order chi connectivity index (χ0) is 25.7. The summed E-state index contributed by atoms with van der Waals surface area (Å²) in [7, 11) is 1.45. The van der Waals surface area contributed by atoms with Crippen molar-refractivity contribution in [3.8, 4) is 22.9 Å². The highest BCUT2D eigenvalue weighted by atomic mass is 35.5. The van der Waals surface area contributed by atoms with Crippen LogP contribution in [0.15, 0.2) is 69.7 Å². The Morgan fingerprint density at radius 2 is 2.00 bits per heavy atom. The standard InChI is InChI=1S/C23H18ClN5O6S/c1-34-16-9-13(11-25-28-23-27-21(32)18(36-23)10-19(30)31)7-8-15(16)35-17-12-26-29(22(33)20(17)24)14-5-3-2-4-6-14/h2-9,11-12,18H,10H2,1H3,(H,30,31)(H,27,28,32). The number of amidine groups is 1. The number of carbonyl (C=O) groups is 2. The zero-order valence-electron chi connectivity index (χ0n) is 18.6. The second kappa shape index (κ2) is 11.1. The molecule has 0 radical (unpaired) electrons. The van der Waals surface area contributed by atoms with Crippen LogP contribution in [0.25, 0.3) is 5.69 Å². The Hall–Kier alpha value is -4.16. The molecule has 2 heterocycles. The molecule has 2 aromatic carbocycles. The quantitative estimate of drug-likeness (QED) is 0.336. The Balaban J connectivity index is 1.49. The van der Waals surface area contributed by atoms with Gasteiger partial charge in [0.2, 0.25) is 5.91 Å². The molecule has 0 spiro atoms. The Kier molecular flexibility index (Phi) is 7.66. The van der Waals surface area contributed by atoms with E-state index in [9.17, 15) is 14.4 Å². The van der Waals surface area contributed by atoms with E-state index in [4.69, 9.17) is 26.2 Å². The van der Waals surface area contributed by atoms with E-state index in [-0.39, 0.29) is 28.1 Å². The van der Waals surface area contributed by atoms with Crippen molar-refractivity contribution in [3.05, 3.63) is 75.7 Å². The van der Waals surface area contributed by atoms with Gasteiger partial charge in [-0.3, -0.25) is 14.4 Å². The molecule has 36 heavy (non-hydrogen) atoms. The predicted octanol–water partition coefficient (Wildman–Crippen LogP) is 3.08. The van der Waals surface area contributed by atoms with Crippen molar-refractivity contribution in [1.29, 1.82) is 0 Å². The van der Waals surface area contributed by atoms with E-state index in [1.165, 1.54) is 24.2 Å². The number of benzene rings is 2. The van der Waals surface area contributed by atoms with Crippen LogP contribution in [0.5, 0.6) is 17.2 Å². The average molecular weight is 528 g/mol. The average Bonchev–Trinajstić information content (AvgIpc) is 3.21. The molecule has 1 aliphatic rings. The highest BCUT2D eigenvalue weighted by molar-refractivity contribution is 8.15. The highest BCUT2D eigenvalue weighted by Crippen LogP contribution is 2.34. The number of carboxylic acid groups (broad SMARTS) is 1. The van der Waals surface area contributed by atoms with Gasteiger partial charge in [0.15, 0.2) is 27.4 Å². The van der Waals surface area contributed by atoms with Crippen LogP contribution in [0.3, 0.4) is 0 Å². The third kappa shape index (κ3) is 5.73. The number of methoxy groups -OCH3 is 1. The van der Waals surface area contributed by atoms with Gasteiger partial charge >= 0.3 is 5.97 Å². The van der Waals surface area contributed by atoms with E-state index in [0.29, 0.717) is 17.0 Å². The molecule has 1 amide bonds. The minimum absolute atomic E-state index is 0.0601. The number of rotatable bonds is 8. The van der Waals surface area contributed by atoms with Crippen LogP contribution in [-0.4, -0.2) is 50.5 Å². The van der Waals surface area contributed by atoms with Crippen molar-refractivity contribution in [2.24, 2.45) is 10.2 Å². The maximum Gasteiger partial charge on any atom is 0.305 e. The molecule has 2 N–H and O–H groups in total.